The predicted molar refractivity (Wildman–Crippen MR) is 72.1 cm³/mol. The lowest BCUT2D eigenvalue weighted by molar-refractivity contribution is 0.616. The summed E-state index contributed by atoms with van der Waals surface area (Å²) in [7, 11) is 0. The van der Waals surface area contributed by atoms with Crippen molar-refractivity contribution in [1.29, 1.82) is 0 Å². The Morgan fingerprint density at radius 1 is 1.22 bits per heavy atom. The van der Waals surface area contributed by atoms with Crippen LogP contribution in [0, 0.1) is 0 Å². The highest BCUT2D eigenvalue weighted by molar-refractivity contribution is 6.17. The van der Waals surface area contributed by atoms with Crippen molar-refractivity contribution in [3.8, 4) is 11.3 Å². The average molecular weight is 261 g/mol. The number of benzene rings is 1. The van der Waals surface area contributed by atoms with Crippen LogP contribution < -0.4 is 5.56 Å². The van der Waals surface area contributed by atoms with E-state index in [1.807, 2.05) is 12.1 Å². The molecule has 18 heavy (non-hydrogen) atoms. The van der Waals surface area contributed by atoms with E-state index in [1.165, 1.54) is 10.2 Å². The number of nitrogens with zero attached hydrogens (tertiary/aromatic N) is 2. The Labute approximate surface area is 110 Å². The third kappa shape index (κ3) is 1.85. The molecule has 1 aromatic carbocycles. The molecule has 3 nitrogen and oxygen atoms in total. The molecule has 0 saturated carbocycles. The van der Waals surface area contributed by atoms with Crippen molar-refractivity contribution >= 4 is 11.6 Å². The number of hydrogen-bond acceptors (Lipinski definition) is 2. The normalized spacial score (nSPS) is 12.9. The smallest absolute Gasteiger partial charge is 0.267 e. The number of rotatable bonds is 2. The molecule has 1 heterocycles. The summed E-state index contributed by atoms with van der Waals surface area (Å²) in [5, 5.41) is 4.46. The molecular weight excluding hydrogens is 248 g/mol. The zero-order valence-electron chi connectivity index (χ0n) is 9.90. The number of aryl methyl sites for hydroxylation is 3. The highest BCUT2D eigenvalue weighted by Gasteiger charge is 2.18. The molecule has 0 fully saturated rings. The second kappa shape index (κ2) is 4.58. The summed E-state index contributed by atoms with van der Waals surface area (Å²) in [5.41, 5.74) is 4.36. The van der Waals surface area contributed by atoms with Crippen LogP contribution >= 0.6 is 11.6 Å². The molecule has 0 bridgehead atoms. The summed E-state index contributed by atoms with van der Waals surface area (Å²) in [4.78, 5) is 11.8. The maximum atomic E-state index is 11.8. The molecule has 0 atom stereocenters. The van der Waals surface area contributed by atoms with Gasteiger partial charge in [-0.25, -0.2) is 4.68 Å². The van der Waals surface area contributed by atoms with Crippen LogP contribution in [0.25, 0.3) is 11.3 Å². The summed E-state index contributed by atoms with van der Waals surface area (Å²) in [6.07, 6.45) is 1.86. The number of halogens is 1. The first-order valence-corrected chi connectivity index (χ1v) is 6.58. The quantitative estimate of drug-likeness (QED) is 0.777. The van der Waals surface area contributed by atoms with Gasteiger partial charge in [-0.3, -0.25) is 4.79 Å². The highest BCUT2D eigenvalue weighted by Crippen LogP contribution is 2.30. The summed E-state index contributed by atoms with van der Waals surface area (Å²) < 4.78 is 1.45. The molecule has 3 rings (SSSR count). The molecule has 0 unspecified atom stereocenters. The molecule has 2 aromatic rings. The Bertz CT molecular complexity index is 648. The zero-order valence-corrected chi connectivity index (χ0v) is 10.7. The van der Waals surface area contributed by atoms with E-state index in [0.717, 1.165) is 29.7 Å². The first-order chi connectivity index (χ1) is 8.79. The Hall–Kier alpha value is -1.61. The van der Waals surface area contributed by atoms with Crippen molar-refractivity contribution in [2.45, 2.75) is 19.4 Å². The molecule has 4 heteroatoms. The van der Waals surface area contributed by atoms with Crippen LogP contribution in [0.4, 0.5) is 0 Å². The molecule has 1 aliphatic carbocycles. The van der Waals surface area contributed by atoms with Gasteiger partial charge in [0.25, 0.3) is 5.56 Å². The highest BCUT2D eigenvalue weighted by atomic mass is 35.5. The van der Waals surface area contributed by atoms with Crippen LogP contribution in [0.15, 0.2) is 35.1 Å². The molecule has 92 valence electrons. The minimum absolute atomic E-state index is 0.0613. The summed E-state index contributed by atoms with van der Waals surface area (Å²) >= 11 is 5.69. The largest absolute Gasteiger partial charge is 0.268 e. The summed E-state index contributed by atoms with van der Waals surface area (Å²) in [6, 6.07) is 9.93. The van der Waals surface area contributed by atoms with Gasteiger partial charge in [0.2, 0.25) is 0 Å². The van der Waals surface area contributed by atoms with E-state index < -0.39 is 0 Å². The van der Waals surface area contributed by atoms with Crippen molar-refractivity contribution in [2.75, 3.05) is 5.88 Å². The van der Waals surface area contributed by atoms with Crippen molar-refractivity contribution in [1.82, 2.24) is 9.78 Å². The fourth-order valence-electron chi connectivity index (χ4n) is 2.42. The topological polar surface area (TPSA) is 34.9 Å². The minimum atomic E-state index is -0.0613. The fourth-order valence-corrected chi connectivity index (χ4v) is 2.58. The molecule has 0 aliphatic heterocycles. The molecule has 0 spiro atoms. The minimum Gasteiger partial charge on any atom is -0.268 e. The predicted octanol–water partition coefficient (Wildman–Crippen LogP) is 2.25. The Morgan fingerprint density at radius 2 is 2.00 bits per heavy atom. The van der Waals surface area contributed by atoms with Gasteiger partial charge in [0.1, 0.15) is 0 Å². The van der Waals surface area contributed by atoms with E-state index in [0.29, 0.717) is 12.4 Å². The summed E-state index contributed by atoms with van der Waals surface area (Å²) in [6.45, 7) is 0.454. The van der Waals surface area contributed by atoms with E-state index in [9.17, 15) is 4.79 Å². The molecule has 1 aliphatic rings. The van der Waals surface area contributed by atoms with Crippen molar-refractivity contribution < 1.29 is 0 Å². The van der Waals surface area contributed by atoms with Crippen LogP contribution in [0.3, 0.4) is 0 Å². The van der Waals surface area contributed by atoms with Gasteiger partial charge >= 0.3 is 0 Å². The first-order valence-electron chi connectivity index (χ1n) is 6.05. The van der Waals surface area contributed by atoms with Gasteiger partial charge in [0, 0.05) is 17.5 Å². The lowest BCUT2D eigenvalue weighted by atomic mass is 9.90. The fraction of sp³-hybridized carbons (Fsp3) is 0.286. The second-order valence-corrected chi connectivity index (χ2v) is 4.80. The van der Waals surface area contributed by atoms with Crippen LogP contribution in [0.1, 0.15) is 11.1 Å². The van der Waals surface area contributed by atoms with E-state index in [-0.39, 0.29) is 5.56 Å². The third-order valence-electron chi connectivity index (χ3n) is 3.31. The maximum Gasteiger partial charge on any atom is 0.267 e. The van der Waals surface area contributed by atoms with E-state index >= 15 is 0 Å². The van der Waals surface area contributed by atoms with Crippen LogP contribution in [-0.4, -0.2) is 15.7 Å². The van der Waals surface area contributed by atoms with Gasteiger partial charge in [0.15, 0.2) is 0 Å². The SMILES string of the molecule is O=c1cc2c(nn1CCCl)-c1ccccc1CC2. The zero-order chi connectivity index (χ0) is 12.5. The Balaban J connectivity index is 2.20. The number of alkyl halides is 1. The molecule has 0 radical (unpaired) electrons. The standard InChI is InChI=1S/C14H13ClN2O/c15-7-8-17-13(18)9-11-6-5-10-3-1-2-4-12(10)14(11)16-17/h1-4,9H,5-8H2. The molecule has 0 saturated heterocycles. The number of hydrogen-bond donors (Lipinski definition) is 0. The summed E-state index contributed by atoms with van der Waals surface area (Å²) in [5.74, 6) is 0.396. The van der Waals surface area contributed by atoms with Gasteiger partial charge in [-0.05, 0) is 24.0 Å². The van der Waals surface area contributed by atoms with E-state index in [1.54, 1.807) is 6.07 Å². The van der Waals surface area contributed by atoms with Crippen LogP contribution in [0.5, 0.6) is 0 Å². The Kier molecular flexibility index (Phi) is 2.92. The van der Waals surface area contributed by atoms with Gasteiger partial charge in [0.05, 0.1) is 12.2 Å². The van der Waals surface area contributed by atoms with E-state index in [2.05, 4.69) is 17.2 Å². The molecule has 1 aromatic heterocycles. The van der Waals surface area contributed by atoms with Gasteiger partial charge in [-0.15, -0.1) is 11.6 Å². The number of fused-ring (bicyclic) bond motifs is 3. The molecule has 0 amide bonds. The van der Waals surface area contributed by atoms with Gasteiger partial charge in [-0.2, -0.15) is 5.10 Å². The second-order valence-electron chi connectivity index (χ2n) is 4.43. The maximum absolute atomic E-state index is 11.8. The lowest BCUT2D eigenvalue weighted by Gasteiger charge is -2.19. The van der Waals surface area contributed by atoms with Crippen molar-refractivity contribution in [3.05, 3.63) is 51.8 Å². The number of aromatic nitrogens is 2. The molecular formula is C14H13ClN2O. The monoisotopic (exact) mass is 260 g/mol. The molecule has 0 N–H and O–H groups in total. The average Bonchev–Trinajstić information content (AvgIpc) is 2.40. The first kappa shape index (κ1) is 11.5. The Morgan fingerprint density at radius 3 is 2.83 bits per heavy atom. The third-order valence-corrected chi connectivity index (χ3v) is 3.48. The van der Waals surface area contributed by atoms with Crippen molar-refractivity contribution in [3.63, 3.8) is 0 Å². The van der Waals surface area contributed by atoms with Crippen LogP contribution in [0.2, 0.25) is 0 Å². The van der Waals surface area contributed by atoms with E-state index in [4.69, 9.17) is 11.6 Å². The van der Waals surface area contributed by atoms with Crippen LogP contribution in [-0.2, 0) is 19.4 Å². The van der Waals surface area contributed by atoms with Crippen molar-refractivity contribution in [2.24, 2.45) is 0 Å². The van der Waals surface area contributed by atoms with Gasteiger partial charge in [-0.1, -0.05) is 24.3 Å². The lowest BCUT2D eigenvalue weighted by Crippen LogP contribution is -2.26. The van der Waals surface area contributed by atoms with Gasteiger partial charge < -0.3 is 0 Å².